The molecule has 156 valence electrons. The van der Waals surface area contributed by atoms with Crippen molar-refractivity contribution in [3.63, 3.8) is 0 Å². The van der Waals surface area contributed by atoms with Gasteiger partial charge in [-0.05, 0) is 59.5 Å². The number of aromatic carboxylic acids is 1. The molecule has 0 aliphatic rings. The average molecular weight is 434 g/mol. The van der Waals surface area contributed by atoms with E-state index in [0.717, 1.165) is 21.3 Å². The smallest absolute Gasteiger partial charge is 0.335 e. The minimum atomic E-state index is -1.00. The summed E-state index contributed by atoms with van der Waals surface area (Å²) in [6, 6.07) is 17.3. The van der Waals surface area contributed by atoms with Crippen molar-refractivity contribution in [2.75, 3.05) is 0 Å². The van der Waals surface area contributed by atoms with Crippen molar-refractivity contribution >= 4 is 33.4 Å². The minimum absolute atomic E-state index is 0.131. The monoisotopic (exact) mass is 434 g/mol. The number of carboxylic acids is 1. The maximum absolute atomic E-state index is 13.9. The highest BCUT2D eigenvalue weighted by atomic mass is 32.1. The highest BCUT2D eigenvalue weighted by Gasteiger charge is 2.11. The Kier molecular flexibility index (Phi) is 5.77. The van der Waals surface area contributed by atoms with Crippen LogP contribution in [0.1, 0.15) is 26.5 Å². The number of fused-ring (bicyclic) bond motifs is 1. The second-order valence-electron chi connectivity index (χ2n) is 7.21. The van der Waals surface area contributed by atoms with Gasteiger partial charge in [-0.3, -0.25) is 4.79 Å². The molecule has 0 unspecified atom stereocenters. The number of benzene rings is 3. The second-order valence-corrected chi connectivity index (χ2v) is 8.33. The molecule has 0 bridgehead atoms. The van der Waals surface area contributed by atoms with Crippen LogP contribution in [0.5, 0.6) is 0 Å². The first-order valence-corrected chi connectivity index (χ1v) is 10.5. The quantitative estimate of drug-likeness (QED) is 0.449. The van der Waals surface area contributed by atoms with Gasteiger partial charge in [0.05, 0.1) is 22.2 Å². The molecule has 1 heterocycles. The minimum Gasteiger partial charge on any atom is -0.478 e. The van der Waals surface area contributed by atoms with Crippen LogP contribution in [0.3, 0.4) is 0 Å². The zero-order chi connectivity index (χ0) is 22.0. The first-order chi connectivity index (χ1) is 14.9. The SMILES string of the molecule is Cc1ccc(-c2ccc3nc(CC(=O)NCc4cccc(C(=O)O)c4)sc3c2)cc1F. The van der Waals surface area contributed by atoms with Gasteiger partial charge in [0.1, 0.15) is 10.8 Å². The van der Waals surface area contributed by atoms with Crippen molar-refractivity contribution in [3.05, 3.63) is 88.2 Å². The maximum Gasteiger partial charge on any atom is 0.335 e. The molecule has 7 heteroatoms. The lowest BCUT2D eigenvalue weighted by atomic mass is 10.0. The molecule has 0 aliphatic carbocycles. The summed E-state index contributed by atoms with van der Waals surface area (Å²) < 4.78 is 14.8. The largest absolute Gasteiger partial charge is 0.478 e. The summed E-state index contributed by atoms with van der Waals surface area (Å²) >= 11 is 1.43. The van der Waals surface area contributed by atoms with Crippen molar-refractivity contribution in [1.29, 1.82) is 0 Å². The van der Waals surface area contributed by atoms with Gasteiger partial charge in [-0.15, -0.1) is 11.3 Å². The zero-order valence-corrected chi connectivity index (χ0v) is 17.5. The number of hydrogen-bond donors (Lipinski definition) is 2. The number of halogens is 1. The number of hydrogen-bond acceptors (Lipinski definition) is 4. The van der Waals surface area contributed by atoms with Gasteiger partial charge in [-0.2, -0.15) is 0 Å². The van der Waals surface area contributed by atoms with E-state index in [2.05, 4.69) is 10.3 Å². The van der Waals surface area contributed by atoms with Crippen molar-refractivity contribution in [1.82, 2.24) is 10.3 Å². The predicted molar refractivity (Wildman–Crippen MR) is 119 cm³/mol. The zero-order valence-electron chi connectivity index (χ0n) is 16.7. The lowest BCUT2D eigenvalue weighted by Gasteiger charge is -2.05. The van der Waals surface area contributed by atoms with Crippen molar-refractivity contribution < 1.29 is 19.1 Å². The summed E-state index contributed by atoms with van der Waals surface area (Å²) in [6.45, 7) is 1.97. The Labute approximate surface area is 182 Å². The number of nitrogens with zero attached hydrogens (tertiary/aromatic N) is 1. The molecule has 0 spiro atoms. The van der Waals surface area contributed by atoms with Gasteiger partial charge in [0, 0.05) is 6.54 Å². The number of rotatable bonds is 6. The number of carbonyl (C=O) groups excluding carboxylic acids is 1. The third kappa shape index (κ3) is 4.78. The molecule has 0 atom stereocenters. The topological polar surface area (TPSA) is 79.3 Å². The molecule has 1 amide bonds. The van der Waals surface area contributed by atoms with Crippen LogP contribution in [-0.4, -0.2) is 22.0 Å². The van der Waals surface area contributed by atoms with Gasteiger partial charge in [0.15, 0.2) is 0 Å². The van der Waals surface area contributed by atoms with Crippen LogP contribution < -0.4 is 5.32 Å². The van der Waals surface area contributed by atoms with Gasteiger partial charge in [0.25, 0.3) is 0 Å². The van der Waals surface area contributed by atoms with Crippen LogP contribution in [0.15, 0.2) is 60.7 Å². The van der Waals surface area contributed by atoms with E-state index in [1.54, 1.807) is 25.1 Å². The van der Waals surface area contributed by atoms with E-state index in [-0.39, 0.29) is 30.3 Å². The van der Waals surface area contributed by atoms with Gasteiger partial charge >= 0.3 is 5.97 Å². The predicted octanol–water partition coefficient (Wildman–Crippen LogP) is 4.97. The molecule has 0 saturated carbocycles. The molecule has 0 aliphatic heterocycles. The summed E-state index contributed by atoms with van der Waals surface area (Å²) in [5, 5.41) is 12.5. The normalized spacial score (nSPS) is 10.9. The van der Waals surface area contributed by atoms with Crippen LogP contribution in [0.25, 0.3) is 21.3 Å². The van der Waals surface area contributed by atoms with Gasteiger partial charge in [0.2, 0.25) is 5.91 Å². The van der Waals surface area contributed by atoms with E-state index < -0.39 is 5.97 Å². The number of carbonyl (C=O) groups is 2. The Morgan fingerprint density at radius 1 is 1.06 bits per heavy atom. The fraction of sp³-hybridized carbons (Fsp3) is 0.125. The number of aromatic nitrogens is 1. The van der Waals surface area contributed by atoms with E-state index >= 15 is 0 Å². The van der Waals surface area contributed by atoms with Crippen molar-refractivity contribution in [2.45, 2.75) is 19.9 Å². The van der Waals surface area contributed by atoms with Crippen LogP contribution in [0.4, 0.5) is 4.39 Å². The molecule has 2 N–H and O–H groups in total. The Morgan fingerprint density at radius 2 is 1.84 bits per heavy atom. The summed E-state index contributed by atoms with van der Waals surface area (Å²) in [5.41, 5.74) is 3.98. The fourth-order valence-electron chi connectivity index (χ4n) is 3.21. The molecule has 5 nitrogen and oxygen atoms in total. The van der Waals surface area contributed by atoms with E-state index in [9.17, 15) is 14.0 Å². The van der Waals surface area contributed by atoms with Crippen molar-refractivity contribution in [3.8, 4) is 11.1 Å². The molecule has 0 saturated heterocycles. The number of carboxylic acid groups (broad SMARTS) is 1. The Balaban J connectivity index is 1.45. The third-order valence-electron chi connectivity index (χ3n) is 4.91. The lowest BCUT2D eigenvalue weighted by molar-refractivity contribution is -0.120. The Hall–Kier alpha value is -3.58. The van der Waals surface area contributed by atoms with Crippen LogP contribution in [-0.2, 0) is 17.8 Å². The van der Waals surface area contributed by atoms with E-state index in [1.807, 2.05) is 24.3 Å². The fourth-order valence-corrected chi connectivity index (χ4v) is 4.22. The van der Waals surface area contributed by atoms with E-state index in [4.69, 9.17) is 5.11 Å². The molecule has 4 aromatic rings. The summed E-state index contributed by atoms with van der Waals surface area (Å²) in [6.07, 6.45) is 0.131. The Bertz CT molecular complexity index is 1300. The number of nitrogens with one attached hydrogen (secondary N) is 1. The summed E-state index contributed by atoms with van der Waals surface area (Å²) in [7, 11) is 0. The molecular formula is C24H19FN2O3S. The molecule has 0 fully saturated rings. The molecule has 0 radical (unpaired) electrons. The number of aryl methyl sites for hydroxylation is 1. The molecular weight excluding hydrogens is 415 g/mol. The van der Waals surface area contributed by atoms with Gasteiger partial charge < -0.3 is 10.4 Å². The standard InChI is InChI=1S/C24H19FN2O3S/c1-14-5-6-16(10-19(14)25)17-7-8-20-21(11-17)31-23(27-20)12-22(28)26-13-15-3-2-4-18(9-15)24(29)30/h2-11H,12-13H2,1H3,(H,26,28)(H,29,30). The van der Waals surface area contributed by atoms with E-state index in [0.29, 0.717) is 16.1 Å². The molecule has 4 rings (SSSR count). The number of thiazole rings is 1. The van der Waals surface area contributed by atoms with Gasteiger partial charge in [-0.1, -0.05) is 30.3 Å². The summed E-state index contributed by atoms with van der Waals surface area (Å²) in [4.78, 5) is 27.9. The maximum atomic E-state index is 13.9. The molecule has 1 aromatic heterocycles. The van der Waals surface area contributed by atoms with Gasteiger partial charge in [-0.25, -0.2) is 14.2 Å². The van der Waals surface area contributed by atoms with E-state index in [1.165, 1.54) is 29.5 Å². The van der Waals surface area contributed by atoms with Crippen LogP contribution >= 0.6 is 11.3 Å². The third-order valence-corrected chi connectivity index (χ3v) is 5.93. The summed E-state index contributed by atoms with van der Waals surface area (Å²) in [5.74, 6) is -1.44. The average Bonchev–Trinajstić information content (AvgIpc) is 3.15. The number of amides is 1. The van der Waals surface area contributed by atoms with Crippen LogP contribution in [0, 0.1) is 12.7 Å². The first-order valence-electron chi connectivity index (χ1n) is 9.64. The Morgan fingerprint density at radius 3 is 2.61 bits per heavy atom. The first kappa shape index (κ1) is 20.7. The highest BCUT2D eigenvalue weighted by molar-refractivity contribution is 7.18. The second kappa shape index (κ2) is 8.65. The van der Waals surface area contributed by atoms with Crippen molar-refractivity contribution in [2.24, 2.45) is 0 Å². The molecule has 31 heavy (non-hydrogen) atoms. The van der Waals surface area contributed by atoms with Crippen LogP contribution in [0.2, 0.25) is 0 Å². The molecule has 3 aromatic carbocycles. The lowest BCUT2D eigenvalue weighted by Crippen LogP contribution is -2.24. The highest BCUT2D eigenvalue weighted by Crippen LogP contribution is 2.29.